The number of ether oxygens (including phenoxy) is 1. The number of nitrogens with zero attached hydrogens (tertiary/aromatic N) is 3. The van der Waals surface area contributed by atoms with Crippen molar-refractivity contribution in [2.75, 3.05) is 26.0 Å². The molecule has 1 aromatic carbocycles. The van der Waals surface area contributed by atoms with Crippen molar-refractivity contribution in [1.29, 1.82) is 0 Å². The summed E-state index contributed by atoms with van der Waals surface area (Å²) in [5, 5.41) is 1.18. The summed E-state index contributed by atoms with van der Waals surface area (Å²) < 4.78 is 6.50. The third-order valence-corrected chi connectivity index (χ3v) is 6.42. The molecule has 1 aliphatic heterocycles. The number of likely N-dealkylation sites (tertiary alicyclic amines) is 1. The van der Waals surface area contributed by atoms with Gasteiger partial charge in [0.15, 0.2) is 5.16 Å². The Morgan fingerprint density at radius 1 is 1.23 bits per heavy atom. The number of piperidine rings is 1. The number of carbonyl (C=O) groups is 2. The van der Waals surface area contributed by atoms with E-state index in [4.69, 9.17) is 4.74 Å². The van der Waals surface area contributed by atoms with Gasteiger partial charge in [0, 0.05) is 19.6 Å². The predicted molar refractivity (Wildman–Crippen MR) is 118 cm³/mol. The Morgan fingerprint density at radius 2 is 1.93 bits per heavy atom. The molecule has 0 atom stereocenters. The predicted octanol–water partition coefficient (Wildman–Crippen LogP) is 2.95. The van der Waals surface area contributed by atoms with Crippen molar-refractivity contribution < 1.29 is 14.3 Å². The van der Waals surface area contributed by atoms with Crippen molar-refractivity contribution in [2.24, 2.45) is 11.8 Å². The average Bonchev–Trinajstić information content (AvgIpc) is 2.76. The van der Waals surface area contributed by atoms with Gasteiger partial charge in [-0.3, -0.25) is 19.0 Å². The fraction of sp³-hybridized carbons (Fsp3) is 0.545. The lowest BCUT2D eigenvalue weighted by Gasteiger charge is -2.30. The number of aromatic nitrogens is 2. The molecule has 0 unspecified atom stereocenters. The van der Waals surface area contributed by atoms with Crippen LogP contribution in [-0.4, -0.2) is 52.3 Å². The van der Waals surface area contributed by atoms with Crippen molar-refractivity contribution in [3.8, 4) is 0 Å². The lowest BCUT2D eigenvalue weighted by Crippen LogP contribution is -2.41. The van der Waals surface area contributed by atoms with E-state index < -0.39 is 0 Å². The van der Waals surface area contributed by atoms with Crippen LogP contribution in [0.15, 0.2) is 34.2 Å². The Labute approximate surface area is 180 Å². The molecule has 0 saturated carbocycles. The van der Waals surface area contributed by atoms with Crippen molar-refractivity contribution in [2.45, 2.75) is 44.8 Å². The van der Waals surface area contributed by atoms with E-state index in [9.17, 15) is 14.4 Å². The molecular weight excluding hydrogens is 402 g/mol. The molecule has 2 aromatic rings. The molecule has 8 heteroatoms. The van der Waals surface area contributed by atoms with Gasteiger partial charge in [-0.1, -0.05) is 37.7 Å². The van der Waals surface area contributed by atoms with Crippen LogP contribution in [0.3, 0.4) is 0 Å². The highest BCUT2D eigenvalue weighted by Crippen LogP contribution is 2.22. The Kier molecular flexibility index (Phi) is 7.53. The molecule has 0 radical (unpaired) electrons. The van der Waals surface area contributed by atoms with Crippen LogP contribution in [0.1, 0.15) is 33.1 Å². The molecule has 2 heterocycles. The molecule has 1 fully saturated rings. The van der Waals surface area contributed by atoms with Gasteiger partial charge in [0.2, 0.25) is 5.91 Å². The van der Waals surface area contributed by atoms with Crippen LogP contribution in [0.25, 0.3) is 10.9 Å². The van der Waals surface area contributed by atoms with Crippen LogP contribution in [0, 0.1) is 11.8 Å². The minimum absolute atomic E-state index is 0.00105. The van der Waals surface area contributed by atoms with Crippen LogP contribution in [-0.2, 0) is 20.9 Å². The van der Waals surface area contributed by atoms with Crippen LogP contribution in [0.5, 0.6) is 0 Å². The first-order valence-electron chi connectivity index (χ1n) is 10.4. The van der Waals surface area contributed by atoms with Gasteiger partial charge in [-0.2, -0.15) is 0 Å². The molecule has 1 aromatic heterocycles. The fourth-order valence-electron chi connectivity index (χ4n) is 3.59. The molecule has 0 spiro atoms. The average molecular weight is 432 g/mol. The van der Waals surface area contributed by atoms with E-state index in [1.165, 1.54) is 18.9 Å². The molecule has 7 nitrogen and oxygen atoms in total. The first-order chi connectivity index (χ1) is 14.4. The summed E-state index contributed by atoms with van der Waals surface area (Å²) in [7, 11) is 1.39. The number of esters is 1. The van der Waals surface area contributed by atoms with Crippen LogP contribution in [0.2, 0.25) is 0 Å². The zero-order valence-electron chi connectivity index (χ0n) is 17.8. The maximum atomic E-state index is 13.0. The molecule has 162 valence electrons. The van der Waals surface area contributed by atoms with Crippen LogP contribution >= 0.6 is 11.8 Å². The zero-order chi connectivity index (χ0) is 21.7. The Hall–Kier alpha value is -2.35. The quantitative estimate of drug-likeness (QED) is 0.381. The van der Waals surface area contributed by atoms with E-state index >= 15 is 0 Å². The number of benzene rings is 1. The lowest BCUT2D eigenvalue weighted by atomic mass is 9.97. The minimum atomic E-state index is -0.203. The molecule has 3 rings (SSSR count). The molecule has 1 amide bonds. The third kappa shape index (κ3) is 5.22. The summed E-state index contributed by atoms with van der Waals surface area (Å²) in [5.41, 5.74) is 0.590. The highest BCUT2D eigenvalue weighted by molar-refractivity contribution is 7.99. The summed E-state index contributed by atoms with van der Waals surface area (Å²) >= 11 is 1.31. The summed E-state index contributed by atoms with van der Waals surface area (Å²) in [6, 6.07) is 7.32. The molecule has 1 aliphatic rings. The number of methoxy groups -OCH3 is 1. The summed E-state index contributed by atoms with van der Waals surface area (Å²) in [5.74, 6) is 0.344. The van der Waals surface area contributed by atoms with Crippen LogP contribution in [0.4, 0.5) is 0 Å². The van der Waals surface area contributed by atoms with Gasteiger partial charge in [-0.15, -0.1) is 0 Å². The molecule has 0 N–H and O–H groups in total. The maximum Gasteiger partial charge on any atom is 0.308 e. The zero-order valence-corrected chi connectivity index (χ0v) is 18.6. The highest BCUT2D eigenvalue weighted by Gasteiger charge is 2.28. The van der Waals surface area contributed by atoms with E-state index in [2.05, 4.69) is 18.8 Å². The summed E-state index contributed by atoms with van der Waals surface area (Å²) in [6.07, 6.45) is 2.11. The van der Waals surface area contributed by atoms with Crippen LogP contribution < -0.4 is 5.56 Å². The number of para-hydroxylation sites is 1. The van der Waals surface area contributed by atoms with E-state index in [-0.39, 0.29) is 29.1 Å². The van der Waals surface area contributed by atoms with E-state index in [1.807, 2.05) is 18.2 Å². The van der Waals surface area contributed by atoms with Gasteiger partial charge in [0.25, 0.3) is 5.56 Å². The van der Waals surface area contributed by atoms with Crippen molar-refractivity contribution in [3.05, 3.63) is 34.6 Å². The number of carbonyl (C=O) groups excluding carboxylic acids is 2. The normalized spacial score (nSPS) is 15.0. The van der Waals surface area contributed by atoms with Crippen molar-refractivity contribution in [1.82, 2.24) is 14.5 Å². The Balaban J connectivity index is 1.72. The van der Waals surface area contributed by atoms with Gasteiger partial charge in [0.1, 0.15) is 0 Å². The smallest absolute Gasteiger partial charge is 0.308 e. The number of fused-ring (bicyclic) bond motifs is 1. The molecule has 30 heavy (non-hydrogen) atoms. The second kappa shape index (κ2) is 10.1. The second-order valence-corrected chi connectivity index (χ2v) is 8.96. The number of hydrogen-bond donors (Lipinski definition) is 0. The number of thioether (sulfide) groups is 1. The van der Waals surface area contributed by atoms with Gasteiger partial charge < -0.3 is 9.64 Å². The Bertz CT molecular complexity index is 964. The lowest BCUT2D eigenvalue weighted by molar-refractivity contribution is -0.148. The van der Waals surface area contributed by atoms with Gasteiger partial charge in [-0.25, -0.2) is 4.98 Å². The Morgan fingerprint density at radius 3 is 2.60 bits per heavy atom. The third-order valence-electron chi connectivity index (χ3n) is 5.46. The minimum Gasteiger partial charge on any atom is -0.469 e. The molecular formula is C22H29N3O4S. The number of rotatable bonds is 7. The second-order valence-electron chi connectivity index (χ2n) is 8.02. The van der Waals surface area contributed by atoms with Crippen molar-refractivity contribution >= 4 is 34.5 Å². The van der Waals surface area contributed by atoms with E-state index in [1.54, 1.807) is 15.5 Å². The van der Waals surface area contributed by atoms with Crippen molar-refractivity contribution in [3.63, 3.8) is 0 Å². The van der Waals surface area contributed by atoms with E-state index in [0.717, 1.165) is 6.42 Å². The standard InChI is InChI=1S/C22H29N3O4S/c1-15(2)8-13-25-20(27)17-6-4-5-7-18(17)23-22(25)30-14-19(26)24-11-9-16(10-12-24)21(28)29-3/h4-7,15-16H,8-14H2,1-3H3. The maximum absolute atomic E-state index is 13.0. The molecule has 1 saturated heterocycles. The molecule has 0 bridgehead atoms. The topological polar surface area (TPSA) is 81.5 Å². The first kappa shape index (κ1) is 22.3. The SMILES string of the molecule is COC(=O)C1CCN(C(=O)CSc2nc3ccccc3c(=O)n2CCC(C)C)CC1. The first-order valence-corrected chi connectivity index (χ1v) is 11.4. The van der Waals surface area contributed by atoms with E-state index in [0.29, 0.717) is 54.5 Å². The summed E-state index contributed by atoms with van der Waals surface area (Å²) in [6.45, 7) is 5.91. The van der Waals surface area contributed by atoms with Gasteiger partial charge in [0.05, 0.1) is 29.7 Å². The largest absolute Gasteiger partial charge is 0.469 e. The van der Waals surface area contributed by atoms with Gasteiger partial charge >= 0.3 is 5.97 Å². The summed E-state index contributed by atoms with van der Waals surface area (Å²) in [4.78, 5) is 43.8. The number of amides is 1. The van der Waals surface area contributed by atoms with Gasteiger partial charge in [-0.05, 0) is 37.3 Å². The highest BCUT2D eigenvalue weighted by atomic mass is 32.2. The molecule has 0 aliphatic carbocycles. The number of hydrogen-bond acceptors (Lipinski definition) is 6. The monoisotopic (exact) mass is 431 g/mol. The fourth-order valence-corrected chi connectivity index (χ4v) is 4.52.